The van der Waals surface area contributed by atoms with Gasteiger partial charge >= 0.3 is 5.97 Å². The molecule has 1 N–H and O–H groups in total. The topological polar surface area (TPSA) is 50.2 Å². The molecule has 3 nitrogen and oxygen atoms in total. The first kappa shape index (κ1) is 12.0. The van der Waals surface area contributed by atoms with E-state index in [1.54, 1.807) is 6.20 Å². The molecule has 1 atom stereocenters. The molecular weight excluding hydrogens is 210 g/mol. The third kappa shape index (κ3) is 4.34. The Morgan fingerprint density at radius 1 is 1.60 bits per heavy atom. The van der Waals surface area contributed by atoms with E-state index in [9.17, 15) is 4.79 Å². The van der Waals surface area contributed by atoms with Crippen LogP contribution in [0.5, 0.6) is 0 Å². The molecule has 0 spiro atoms. The Balaban J connectivity index is 2.30. The first-order chi connectivity index (χ1) is 7.24. The maximum Gasteiger partial charge on any atom is 0.316 e. The van der Waals surface area contributed by atoms with Gasteiger partial charge in [0.25, 0.3) is 0 Å². The van der Waals surface area contributed by atoms with E-state index in [-0.39, 0.29) is 5.25 Å². The van der Waals surface area contributed by atoms with Gasteiger partial charge in [-0.2, -0.15) is 0 Å². The summed E-state index contributed by atoms with van der Waals surface area (Å²) in [5, 5.41) is 8.55. The second-order valence-corrected chi connectivity index (χ2v) is 4.49. The monoisotopic (exact) mass is 225 g/mol. The number of carbonyl (C=O) groups is 1. The molecule has 0 radical (unpaired) electrons. The molecule has 15 heavy (non-hydrogen) atoms. The van der Waals surface area contributed by atoms with E-state index in [4.69, 9.17) is 5.11 Å². The molecule has 0 saturated heterocycles. The highest BCUT2D eigenvalue weighted by Crippen LogP contribution is 2.15. The molecule has 1 unspecified atom stereocenters. The molecule has 1 heterocycles. The van der Waals surface area contributed by atoms with E-state index in [0.29, 0.717) is 6.42 Å². The lowest BCUT2D eigenvalue weighted by Gasteiger charge is -2.08. The Labute approximate surface area is 93.9 Å². The van der Waals surface area contributed by atoms with Crippen molar-refractivity contribution < 1.29 is 9.90 Å². The van der Waals surface area contributed by atoms with Gasteiger partial charge in [-0.3, -0.25) is 9.78 Å². The van der Waals surface area contributed by atoms with Gasteiger partial charge in [0.05, 0.1) is 0 Å². The average Bonchev–Trinajstić information content (AvgIpc) is 2.25. The Morgan fingerprint density at radius 3 is 2.93 bits per heavy atom. The lowest BCUT2D eigenvalue weighted by molar-refractivity contribution is -0.136. The SMILES string of the molecule is CCC(SCCc1ccccn1)C(=O)O. The smallest absolute Gasteiger partial charge is 0.316 e. The third-order valence-electron chi connectivity index (χ3n) is 2.05. The van der Waals surface area contributed by atoms with Crippen LogP contribution in [0.4, 0.5) is 0 Å². The van der Waals surface area contributed by atoms with Crippen molar-refractivity contribution in [3.05, 3.63) is 30.1 Å². The summed E-state index contributed by atoms with van der Waals surface area (Å²) in [6.07, 6.45) is 3.26. The van der Waals surface area contributed by atoms with Gasteiger partial charge in [-0.15, -0.1) is 11.8 Å². The van der Waals surface area contributed by atoms with E-state index in [0.717, 1.165) is 17.9 Å². The van der Waals surface area contributed by atoms with Crippen LogP contribution in [-0.4, -0.2) is 27.1 Å². The number of rotatable bonds is 6. The summed E-state index contributed by atoms with van der Waals surface area (Å²) >= 11 is 1.48. The van der Waals surface area contributed by atoms with Crippen LogP contribution < -0.4 is 0 Å². The van der Waals surface area contributed by atoms with Crippen molar-refractivity contribution in [2.75, 3.05) is 5.75 Å². The van der Waals surface area contributed by atoms with Crippen LogP contribution in [0.1, 0.15) is 19.0 Å². The highest BCUT2D eigenvalue weighted by atomic mass is 32.2. The number of aromatic nitrogens is 1. The summed E-state index contributed by atoms with van der Waals surface area (Å²) in [7, 11) is 0. The number of aryl methyl sites for hydroxylation is 1. The molecule has 1 aromatic rings. The zero-order chi connectivity index (χ0) is 11.1. The zero-order valence-corrected chi connectivity index (χ0v) is 9.54. The van der Waals surface area contributed by atoms with Gasteiger partial charge in [0.15, 0.2) is 0 Å². The Morgan fingerprint density at radius 2 is 2.40 bits per heavy atom. The van der Waals surface area contributed by atoms with Gasteiger partial charge in [0.1, 0.15) is 5.25 Å². The van der Waals surface area contributed by atoms with Crippen LogP contribution in [0.2, 0.25) is 0 Å². The summed E-state index contributed by atoms with van der Waals surface area (Å²) in [6.45, 7) is 1.90. The fourth-order valence-electron chi connectivity index (χ4n) is 1.22. The predicted octanol–water partition coefficient (Wildman–Crippen LogP) is 2.22. The van der Waals surface area contributed by atoms with Gasteiger partial charge in [-0.25, -0.2) is 0 Å². The number of aliphatic carboxylic acids is 1. The summed E-state index contributed by atoms with van der Waals surface area (Å²) < 4.78 is 0. The van der Waals surface area contributed by atoms with Gasteiger partial charge in [-0.1, -0.05) is 13.0 Å². The van der Waals surface area contributed by atoms with Crippen molar-refractivity contribution in [1.82, 2.24) is 4.98 Å². The summed E-state index contributed by atoms with van der Waals surface area (Å²) in [6, 6.07) is 5.78. The first-order valence-corrected chi connectivity index (χ1v) is 6.03. The van der Waals surface area contributed by atoms with Crippen molar-refractivity contribution in [2.24, 2.45) is 0 Å². The maximum absolute atomic E-state index is 10.7. The highest BCUT2D eigenvalue weighted by Gasteiger charge is 2.14. The van der Waals surface area contributed by atoms with Crippen molar-refractivity contribution in [2.45, 2.75) is 25.0 Å². The number of pyridine rings is 1. The van der Waals surface area contributed by atoms with Crippen LogP contribution in [0.15, 0.2) is 24.4 Å². The molecule has 0 aliphatic rings. The van der Waals surface area contributed by atoms with E-state index in [2.05, 4.69) is 4.98 Å². The largest absolute Gasteiger partial charge is 0.480 e. The minimum atomic E-state index is -0.719. The Bertz CT molecular complexity index is 303. The quantitative estimate of drug-likeness (QED) is 0.806. The van der Waals surface area contributed by atoms with Crippen LogP contribution in [0.25, 0.3) is 0 Å². The van der Waals surface area contributed by atoms with E-state index >= 15 is 0 Å². The van der Waals surface area contributed by atoms with E-state index in [1.165, 1.54) is 11.8 Å². The van der Waals surface area contributed by atoms with E-state index < -0.39 is 5.97 Å². The molecule has 82 valence electrons. The Kier molecular flexibility index (Phi) is 5.18. The average molecular weight is 225 g/mol. The molecule has 1 aromatic heterocycles. The fourth-order valence-corrected chi connectivity index (χ4v) is 2.21. The molecule has 0 aliphatic carbocycles. The Hall–Kier alpha value is -1.03. The summed E-state index contributed by atoms with van der Waals surface area (Å²) in [5.74, 6) is 0.0884. The standard InChI is InChI=1S/C11H15NO2S/c1-2-10(11(13)14)15-8-6-9-5-3-4-7-12-9/h3-5,7,10H,2,6,8H2,1H3,(H,13,14). The van der Waals surface area contributed by atoms with Crippen molar-refractivity contribution in [1.29, 1.82) is 0 Å². The predicted molar refractivity (Wildman–Crippen MR) is 62.1 cm³/mol. The van der Waals surface area contributed by atoms with Crippen molar-refractivity contribution in [3.8, 4) is 0 Å². The normalized spacial score (nSPS) is 12.3. The van der Waals surface area contributed by atoms with Gasteiger partial charge < -0.3 is 5.11 Å². The van der Waals surface area contributed by atoms with Gasteiger partial charge in [0.2, 0.25) is 0 Å². The number of carboxylic acid groups (broad SMARTS) is 1. The minimum Gasteiger partial charge on any atom is -0.480 e. The number of carboxylic acids is 1. The second kappa shape index (κ2) is 6.45. The van der Waals surface area contributed by atoms with E-state index in [1.807, 2.05) is 25.1 Å². The second-order valence-electron chi connectivity index (χ2n) is 3.18. The molecule has 0 amide bonds. The lowest BCUT2D eigenvalue weighted by Crippen LogP contribution is -2.15. The number of thioether (sulfide) groups is 1. The van der Waals surface area contributed by atoms with Crippen LogP contribution in [0, 0.1) is 0 Å². The fraction of sp³-hybridized carbons (Fsp3) is 0.455. The minimum absolute atomic E-state index is 0.284. The highest BCUT2D eigenvalue weighted by molar-refractivity contribution is 8.00. The van der Waals surface area contributed by atoms with Gasteiger partial charge in [-0.05, 0) is 30.7 Å². The van der Waals surface area contributed by atoms with Crippen LogP contribution in [0.3, 0.4) is 0 Å². The molecule has 0 aliphatic heterocycles. The lowest BCUT2D eigenvalue weighted by atomic mass is 10.3. The molecule has 0 fully saturated rings. The maximum atomic E-state index is 10.7. The first-order valence-electron chi connectivity index (χ1n) is 4.98. The van der Waals surface area contributed by atoms with Crippen LogP contribution >= 0.6 is 11.8 Å². The third-order valence-corrected chi connectivity index (χ3v) is 3.43. The summed E-state index contributed by atoms with van der Waals surface area (Å²) in [4.78, 5) is 14.9. The molecular formula is C11H15NO2S. The number of nitrogens with zero attached hydrogens (tertiary/aromatic N) is 1. The van der Waals surface area contributed by atoms with Crippen LogP contribution in [-0.2, 0) is 11.2 Å². The molecule has 0 aromatic carbocycles. The van der Waals surface area contributed by atoms with Gasteiger partial charge in [0, 0.05) is 11.9 Å². The zero-order valence-electron chi connectivity index (χ0n) is 8.72. The molecule has 0 saturated carbocycles. The molecule has 4 heteroatoms. The van der Waals surface area contributed by atoms with Crippen molar-refractivity contribution >= 4 is 17.7 Å². The summed E-state index contributed by atoms with van der Waals surface area (Å²) in [5.41, 5.74) is 1.02. The number of hydrogen-bond acceptors (Lipinski definition) is 3. The van der Waals surface area contributed by atoms with Crippen molar-refractivity contribution in [3.63, 3.8) is 0 Å². The molecule has 1 rings (SSSR count). The molecule has 0 bridgehead atoms. The number of hydrogen-bond donors (Lipinski definition) is 1.